The molecule has 2 heterocycles. The van der Waals surface area contributed by atoms with Gasteiger partial charge in [0.1, 0.15) is 11.6 Å². The Balaban J connectivity index is 1.85. The predicted octanol–water partition coefficient (Wildman–Crippen LogP) is 3.25. The van der Waals surface area contributed by atoms with E-state index in [4.69, 9.17) is 10.5 Å². The van der Waals surface area contributed by atoms with Crippen molar-refractivity contribution >= 4 is 28.3 Å². The molecule has 112 valence electrons. The molecule has 2 aromatic heterocycles. The van der Waals surface area contributed by atoms with Crippen LogP contribution in [0.15, 0.2) is 42.9 Å². The van der Waals surface area contributed by atoms with E-state index in [0.29, 0.717) is 11.4 Å². The molecule has 0 unspecified atom stereocenters. The van der Waals surface area contributed by atoms with Gasteiger partial charge in [-0.1, -0.05) is 22.6 Å². The normalized spacial score (nSPS) is 10.6. The summed E-state index contributed by atoms with van der Waals surface area (Å²) in [4.78, 5) is 8.36. The van der Waals surface area contributed by atoms with E-state index < -0.39 is 5.82 Å². The summed E-state index contributed by atoms with van der Waals surface area (Å²) < 4.78 is 21.2. The molecule has 6 nitrogen and oxygen atoms in total. The van der Waals surface area contributed by atoms with E-state index >= 15 is 0 Å². The van der Waals surface area contributed by atoms with Crippen molar-refractivity contribution in [1.29, 1.82) is 0 Å². The van der Waals surface area contributed by atoms with Gasteiger partial charge in [0.05, 0.1) is 22.1 Å². The zero-order chi connectivity index (χ0) is 15.5. The molecule has 0 bridgehead atoms. The van der Waals surface area contributed by atoms with Crippen LogP contribution in [0.5, 0.6) is 11.8 Å². The third-order valence-corrected chi connectivity index (χ3v) is 3.56. The van der Waals surface area contributed by atoms with Gasteiger partial charge in [0.15, 0.2) is 0 Å². The summed E-state index contributed by atoms with van der Waals surface area (Å²) in [5.41, 5.74) is 7.07. The Labute approximate surface area is 139 Å². The first kappa shape index (κ1) is 14.7. The SMILES string of the molecule is Nc1cc(Oc2nccc(-c3cnn(CI)c3)n2)ccc1F. The Morgan fingerprint density at radius 2 is 2.18 bits per heavy atom. The second-order valence-corrected chi connectivity index (χ2v) is 5.08. The zero-order valence-electron chi connectivity index (χ0n) is 11.3. The predicted molar refractivity (Wildman–Crippen MR) is 88.2 cm³/mol. The van der Waals surface area contributed by atoms with Gasteiger partial charge in [0.2, 0.25) is 0 Å². The maximum Gasteiger partial charge on any atom is 0.322 e. The van der Waals surface area contributed by atoms with Crippen LogP contribution in [0.3, 0.4) is 0 Å². The lowest BCUT2D eigenvalue weighted by atomic mass is 10.2. The lowest BCUT2D eigenvalue weighted by Crippen LogP contribution is -1.95. The highest BCUT2D eigenvalue weighted by Crippen LogP contribution is 2.24. The van der Waals surface area contributed by atoms with Gasteiger partial charge >= 0.3 is 6.01 Å². The highest BCUT2D eigenvalue weighted by Gasteiger charge is 2.08. The van der Waals surface area contributed by atoms with Crippen molar-refractivity contribution in [3.8, 4) is 23.0 Å². The first-order valence-corrected chi connectivity index (χ1v) is 7.83. The largest absolute Gasteiger partial charge is 0.424 e. The fourth-order valence-corrected chi connectivity index (χ4v) is 2.18. The monoisotopic (exact) mass is 411 g/mol. The summed E-state index contributed by atoms with van der Waals surface area (Å²) in [5, 5.41) is 4.20. The third-order valence-electron chi connectivity index (χ3n) is 2.86. The number of halogens is 2. The number of anilines is 1. The molecule has 8 heteroatoms. The number of aromatic nitrogens is 4. The highest BCUT2D eigenvalue weighted by atomic mass is 127. The summed E-state index contributed by atoms with van der Waals surface area (Å²) in [7, 11) is 0. The molecule has 3 rings (SSSR count). The van der Waals surface area contributed by atoms with Crippen molar-refractivity contribution in [3.05, 3.63) is 48.7 Å². The maximum absolute atomic E-state index is 13.1. The first-order chi connectivity index (χ1) is 10.7. The van der Waals surface area contributed by atoms with E-state index in [9.17, 15) is 4.39 Å². The number of nitrogens with zero attached hydrogens (tertiary/aromatic N) is 4. The van der Waals surface area contributed by atoms with Crippen LogP contribution < -0.4 is 10.5 Å². The van der Waals surface area contributed by atoms with Crippen molar-refractivity contribution in [2.45, 2.75) is 4.55 Å². The number of ether oxygens (including phenoxy) is 1. The second kappa shape index (κ2) is 6.26. The number of nitrogens with two attached hydrogens (primary N) is 1. The van der Waals surface area contributed by atoms with E-state index in [0.717, 1.165) is 10.1 Å². The number of hydrogen-bond acceptors (Lipinski definition) is 5. The maximum atomic E-state index is 13.1. The van der Waals surface area contributed by atoms with Crippen molar-refractivity contribution in [3.63, 3.8) is 0 Å². The van der Waals surface area contributed by atoms with E-state index in [2.05, 4.69) is 37.7 Å². The third kappa shape index (κ3) is 3.16. The lowest BCUT2D eigenvalue weighted by molar-refractivity contribution is 0.441. The fourth-order valence-electron chi connectivity index (χ4n) is 1.80. The molecule has 0 aliphatic heterocycles. The molecule has 0 saturated heterocycles. The van der Waals surface area contributed by atoms with Crippen molar-refractivity contribution in [2.75, 3.05) is 5.73 Å². The van der Waals surface area contributed by atoms with Crippen LogP contribution in [0.25, 0.3) is 11.3 Å². The Bertz CT molecular complexity index is 807. The Morgan fingerprint density at radius 1 is 1.32 bits per heavy atom. The van der Waals surface area contributed by atoms with Gasteiger partial charge in [-0.2, -0.15) is 10.1 Å². The number of alkyl halides is 1. The summed E-state index contributed by atoms with van der Waals surface area (Å²) in [6.07, 6.45) is 5.20. The molecule has 0 fully saturated rings. The Kier molecular flexibility index (Phi) is 4.18. The topological polar surface area (TPSA) is 78.9 Å². The molecule has 3 aromatic rings. The quantitative estimate of drug-likeness (QED) is 0.405. The van der Waals surface area contributed by atoms with Crippen molar-refractivity contribution in [1.82, 2.24) is 19.7 Å². The molecule has 0 amide bonds. The molecule has 0 spiro atoms. The van der Waals surface area contributed by atoms with E-state index in [1.165, 1.54) is 18.2 Å². The number of rotatable bonds is 4. The van der Waals surface area contributed by atoms with Crippen LogP contribution in [-0.2, 0) is 4.55 Å². The molecule has 0 aliphatic rings. The number of benzene rings is 1. The van der Waals surface area contributed by atoms with Gasteiger partial charge < -0.3 is 10.5 Å². The molecule has 0 aliphatic carbocycles. The van der Waals surface area contributed by atoms with Crippen LogP contribution in [-0.4, -0.2) is 19.7 Å². The minimum atomic E-state index is -0.492. The zero-order valence-corrected chi connectivity index (χ0v) is 13.4. The van der Waals surface area contributed by atoms with Gasteiger partial charge in [0.25, 0.3) is 0 Å². The van der Waals surface area contributed by atoms with E-state index in [1.807, 2.05) is 6.20 Å². The number of nitrogen functional groups attached to an aromatic ring is 1. The van der Waals surface area contributed by atoms with Gasteiger partial charge in [-0.3, -0.25) is 4.68 Å². The van der Waals surface area contributed by atoms with Gasteiger partial charge in [-0.05, 0) is 18.2 Å². The number of hydrogen-bond donors (Lipinski definition) is 1. The lowest BCUT2D eigenvalue weighted by Gasteiger charge is -2.05. The van der Waals surface area contributed by atoms with Crippen LogP contribution >= 0.6 is 22.6 Å². The summed E-state index contributed by atoms with van der Waals surface area (Å²) in [6, 6.07) is 6.01. The molecule has 22 heavy (non-hydrogen) atoms. The van der Waals surface area contributed by atoms with Gasteiger partial charge in [-0.15, -0.1) is 0 Å². The average molecular weight is 411 g/mol. The highest BCUT2D eigenvalue weighted by molar-refractivity contribution is 14.1. The van der Waals surface area contributed by atoms with Crippen LogP contribution in [0.1, 0.15) is 0 Å². The Morgan fingerprint density at radius 3 is 2.91 bits per heavy atom. The standard InChI is InChI=1S/C14H11FIN5O/c15-11-2-1-10(5-12(11)17)22-14-18-4-3-13(20-14)9-6-19-21(7-9)8-16/h1-7H,8,17H2. The first-order valence-electron chi connectivity index (χ1n) is 6.30. The van der Waals surface area contributed by atoms with E-state index in [1.54, 1.807) is 23.1 Å². The van der Waals surface area contributed by atoms with Crippen LogP contribution in [0, 0.1) is 5.82 Å². The van der Waals surface area contributed by atoms with Crippen LogP contribution in [0.2, 0.25) is 0 Å². The van der Waals surface area contributed by atoms with Crippen molar-refractivity contribution in [2.24, 2.45) is 0 Å². The summed E-state index contributed by atoms with van der Waals surface area (Å²) >= 11 is 2.21. The molecular formula is C14H11FIN5O. The average Bonchev–Trinajstić information content (AvgIpc) is 3.00. The van der Waals surface area contributed by atoms with E-state index in [-0.39, 0.29) is 11.7 Å². The molecule has 0 radical (unpaired) electrons. The van der Waals surface area contributed by atoms with Crippen molar-refractivity contribution < 1.29 is 9.13 Å². The van der Waals surface area contributed by atoms with Crippen LogP contribution in [0.4, 0.5) is 10.1 Å². The van der Waals surface area contributed by atoms with Gasteiger partial charge in [0, 0.05) is 24.0 Å². The van der Waals surface area contributed by atoms with Gasteiger partial charge in [-0.25, -0.2) is 9.37 Å². The minimum Gasteiger partial charge on any atom is -0.424 e. The molecule has 2 N–H and O–H groups in total. The molecule has 0 atom stereocenters. The smallest absolute Gasteiger partial charge is 0.322 e. The fraction of sp³-hybridized carbons (Fsp3) is 0.0714. The molecule has 1 aromatic carbocycles. The molecular weight excluding hydrogens is 400 g/mol. The summed E-state index contributed by atoms with van der Waals surface area (Å²) in [6.45, 7) is 0. The molecule has 0 saturated carbocycles. The Hall–Kier alpha value is -2.23. The minimum absolute atomic E-state index is 0.0111. The summed E-state index contributed by atoms with van der Waals surface area (Å²) in [5.74, 6) is -0.118. The second-order valence-electron chi connectivity index (χ2n) is 4.40.